The van der Waals surface area contributed by atoms with E-state index in [1.165, 1.54) is 6.07 Å². The van der Waals surface area contributed by atoms with Gasteiger partial charge in [-0.1, -0.05) is 26.0 Å². The molecule has 1 rings (SSSR count). The Morgan fingerprint density at radius 2 is 1.59 bits per heavy atom. The maximum atomic E-state index is 12.6. The molecule has 0 N–H and O–H groups in total. The van der Waals surface area contributed by atoms with Crippen LogP contribution in [-0.2, 0) is 4.74 Å². The van der Waals surface area contributed by atoms with Crippen molar-refractivity contribution in [2.24, 2.45) is 0 Å². The van der Waals surface area contributed by atoms with Crippen LogP contribution in [0.4, 0.5) is 4.39 Å². The molecule has 0 aromatic heterocycles. The van der Waals surface area contributed by atoms with E-state index in [1.54, 1.807) is 20.1 Å². The number of hydrogen-bond donors (Lipinski definition) is 0. The van der Waals surface area contributed by atoms with Gasteiger partial charge in [0.1, 0.15) is 5.82 Å². The van der Waals surface area contributed by atoms with Gasteiger partial charge < -0.3 is 4.74 Å². The molecule has 0 saturated heterocycles. The van der Waals surface area contributed by atoms with Gasteiger partial charge >= 0.3 is 0 Å². The summed E-state index contributed by atoms with van der Waals surface area (Å²) in [6.07, 6.45) is 0. The van der Waals surface area contributed by atoms with Gasteiger partial charge in [-0.15, -0.1) is 13.2 Å². The van der Waals surface area contributed by atoms with Crippen molar-refractivity contribution >= 4 is 0 Å². The van der Waals surface area contributed by atoms with Gasteiger partial charge in [0.15, 0.2) is 0 Å². The Balaban J connectivity index is -0.000000208. The molecule has 0 aliphatic carbocycles. The van der Waals surface area contributed by atoms with Crippen LogP contribution >= 0.6 is 0 Å². The van der Waals surface area contributed by atoms with Crippen LogP contribution in [0.1, 0.15) is 31.9 Å². The van der Waals surface area contributed by atoms with Gasteiger partial charge in [-0.25, -0.2) is 4.39 Å². The number of aryl methyl sites for hydroxylation is 2. The van der Waals surface area contributed by atoms with Crippen molar-refractivity contribution < 1.29 is 9.13 Å². The zero-order chi connectivity index (χ0) is 14.3. The number of hydrogen-bond acceptors (Lipinski definition) is 1. The fourth-order valence-electron chi connectivity index (χ4n) is 0.698. The van der Waals surface area contributed by atoms with E-state index in [0.29, 0.717) is 5.56 Å². The van der Waals surface area contributed by atoms with E-state index < -0.39 is 0 Å². The highest BCUT2D eigenvalue weighted by molar-refractivity contribution is 5.21. The van der Waals surface area contributed by atoms with E-state index in [9.17, 15) is 4.39 Å². The summed E-state index contributed by atoms with van der Waals surface area (Å²) >= 11 is 0. The third-order valence-corrected chi connectivity index (χ3v) is 1.62. The van der Waals surface area contributed by atoms with E-state index in [4.69, 9.17) is 0 Å². The van der Waals surface area contributed by atoms with Crippen molar-refractivity contribution in [2.75, 3.05) is 13.7 Å². The Kier molecular flexibility index (Phi) is 21.5. The first-order chi connectivity index (χ1) is 8.11. The van der Waals surface area contributed by atoms with Gasteiger partial charge in [0.05, 0.1) is 0 Å². The maximum absolute atomic E-state index is 12.6. The highest BCUT2D eigenvalue weighted by atomic mass is 19.1. The molecule has 1 nitrogen and oxygen atoms in total. The first-order valence-corrected chi connectivity index (χ1v) is 5.83. The van der Waals surface area contributed by atoms with E-state index >= 15 is 0 Å². The lowest BCUT2D eigenvalue weighted by Crippen LogP contribution is -1.81. The van der Waals surface area contributed by atoms with Crippen LogP contribution in [-0.4, -0.2) is 13.7 Å². The Bertz CT molecular complexity index is 257. The molecule has 17 heavy (non-hydrogen) atoms. The molecule has 0 amide bonds. The molecule has 0 unspecified atom stereocenters. The van der Waals surface area contributed by atoms with Gasteiger partial charge in [-0.2, -0.15) is 0 Å². The zero-order valence-corrected chi connectivity index (χ0v) is 12.1. The van der Waals surface area contributed by atoms with Crippen LogP contribution < -0.4 is 0 Å². The molecule has 0 atom stereocenters. The van der Waals surface area contributed by atoms with Crippen molar-refractivity contribution in [2.45, 2.75) is 34.6 Å². The van der Waals surface area contributed by atoms with E-state index in [2.05, 4.69) is 17.9 Å². The fraction of sp³-hybridized carbons (Fsp3) is 0.467. The van der Waals surface area contributed by atoms with Gasteiger partial charge in [-0.3, -0.25) is 0 Å². The number of benzene rings is 1. The summed E-state index contributed by atoms with van der Waals surface area (Å²) < 4.78 is 17.1. The Morgan fingerprint density at radius 1 is 1.18 bits per heavy atom. The molecule has 1 aromatic rings. The second kappa shape index (κ2) is 17.3. The summed E-state index contributed by atoms with van der Waals surface area (Å²) in [5.74, 6) is -0.116. The number of ether oxygens (including phenoxy) is 1. The summed E-state index contributed by atoms with van der Waals surface area (Å²) in [4.78, 5) is 0. The predicted molar refractivity (Wildman–Crippen MR) is 76.0 cm³/mol. The highest BCUT2D eigenvalue weighted by Crippen LogP contribution is 2.06. The molecule has 2 heteroatoms. The largest absolute Gasteiger partial charge is 0.385 e. The van der Waals surface area contributed by atoms with Gasteiger partial charge in [-0.05, 0) is 38.0 Å². The molecule has 0 saturated carbocycles. The Hall–Kier alpha value is -1.15. The topological polar surface area (TPSA) is 9.23 Å². The van der Waals surface area contributed by atoms with Crippen molar-refractivity contribution in [1.29, 1.82) is 0 Å². The molecule has 0 bridgehead atoms. The second-order valence-electron chi connectivity index (χ2n) is 2.83. The summed E-state index contributed by atoms with van der Waals surface area (Å²) in [6, 6.07) is 5.22. The minimum absolute atomic E-state index is 0.116. The lowest BCUT2D eigenvalue weighted by atomic mass is 10.2. The molecule has 100 valence electrons. The van der Waals surface area contributed by atoms with Gasteiger partial charge in [0, 0.05) is 13.7 Å². The number of halogens is 1. The van der Waals surface area contributed by atoms with Crippen LogP contribution in [0.5, 0.6) is 0 Å². The predicted octanol–water partition coefficient (Wildman–Crippen LogP) is 4.92. The van der Waals surface area contributed by atoms with Crippen molar-refractivity contribution in [3.05, 3.63) is 48.3 Å². The maximum Gasteiger partial charge on any atom is 0.126 e. The number of rotatable bonds is 1. The smallest absolute Gasteiger partial charge is 0.126 e. The van der Waals surface area contributed by atoms with Crippen LogP contribution in [0.15, 0.2) is 31.4 Å². The SMILES string of the molecule is C=C.CC.CCOC.Cc1ccc(C)c(F)c1. The second-order valence-corrected chi connectivity index (χ2v) is 2.83. The lowest BCUT2D eigenvalue weighted by molar-refractivity contribution is 0.215. The average Bonchev–Trinajstić information content (AvgIpc) is 2.39. The quantitative estimate of drug-likeness (QED) is 0.635. The third-order valence-electron chi connectivity index (χ3n) is 1.62. The summed E-state index contributed by atoms with van der Waals surface area (Å²) in [5, 5.41) is 0. The molecular weight excluding hydrogens is 215 g/mol. The molecular formula is C15H27FO. The molecule has 0 heterocycles. The molecule has 0 aliphatic heterocycles. The van der Waals surface area contributed by atoms with Crippen LogP contribution in [0.2, 0.25) is 0 Å². The molecule has 1 aromatic carbocycles. The summed E-state index contributed by atoms with van der Waals surface area (Å²) in [6.45, 7) is 16.4. The monoisotopic (exact) mass is 242 g/mol. The lowest BCUT2D eigenvalue weighted by Gasteiger charge is -1.94. The Morgan fingerprint density at radius 3 is 1.82 bits per heavy atom. The Labute approximate surface area is 106 Å². The molecule has 0 spiro atoms. The van der Waals surface area contributed by atoms with Crippen molar-refractivity contribution in [1.82, 2.24) is 0 Å². The first kappa shape index (κ1) is 21.2. The van der Waals surface area contributed by atoms with Crippen LogP contribution in [0.25, 0.3) is 0 Å². The first-order valence-electron chi connectivity index (χ1n) is 5.83. The van der Waals surface area contributed by atoms with Gasteiger partial charge in [0.2, 0.25) is 0 Å². The van der Waals surface area contributed by atoms with Crippen LogP contribution in [0.3, 0.4) is 0 Å². The number of methoxy groups -OCH3 is 1. The minimum atomic E-state index is -0.116. The van der Waals surface area contributed by atoms with Gasteiger partial charge in [0.25, 0.3) is 0 Å². The standard InChI is InChI=1S/C8H9F.C3H8O.C2H6.C2H4/c1-6-3-4-7(2)8(9)5-6;1-3-4-2;2*1-2/h3-5H,1-2H3;3H2,1-2H3;1-2H3;1-2H2. The zero-order valence-electron chi connectivity index (χ0n) is 12.1. The highest BCUT2D eigenvalue weighted by Gasteiger charge is 1.93. The summed E-state index contributed by atoms with van der Waals surface area (Å²) in [7, 11) is 1.68. The van der Waals surface area contributed by atoms with Crippen LogP contribution in [0, 0.1) is 19.7 Å². The molecule has 0 radical (unpaired) electrons. The molecule has 0 aliphatic rings. The molecule has 0 fully saturated rings. The van der Waals surface area contributed by atoms with Crippen molar-refractivity contribution in [3.8, 4) is 0 Å². The summed E-state index contributed by atoms with van der Waals surface area (Å²) in [5.41, 5.74) is 1.68. The van der Waals surface area contributed by atoms with E-state index in [-0.39, 0.29) is 5.82 Å². The average molecular weight is 242 g/mol. The third kappa shape index (κ3) is 14.8. The normalized spacial score (nSPS) is 7.47. The van der Waals surface area contributed by atoms with E-state index in [0.717, 1.165) is 12.2 Å². The van der Waals surface area contributed by atoms with E-state index in [1.807, 2.05) is 33.8 Å². The van der Waals surface area contributed by atoms with Crippen molar-refractivity contribution in [3.63, 3.8) is 0 Å². The minimum Gasteiger partial charge on any atom is -0.385 e. The fourth-order valence-corrected chi connectivity index (χ4v) is 0.698.